The van der Waals surface area contributed by atoms with Crippen LogP contribution in [0.4, 0.5) is 8.78 Å². The molecule has 2 aromatic rings. The van der Waals surface area contributed by atoms with Gasteiger partial charge in [0.1, 0.15) is 0 Å². The van der Waals surface area contributed by atoms with Gasteiger partial charge in [0, 0.05) is 18.7 Å². The van der Waals surface area contributed by atoms with Gasteiger partial charge in [0.05, 0.1) is 17.7 Å². The number of carbonyl (C=O) groups excluding carboxylic acids is 1. The number of carboxylic acid groups (broad SMARTS) is 1. The van der Waals surface area contributed by atoms with Gasteiger partial charge in [-0.2, -0.15) is 8.78 Å². The number of halogens is 2. The van der Waals surface area contributed by atoms with Gasteiger partial charge in [-0.15, -0.1) is 0 Å². The second-order valence-corrected chi connectivity index (χ2v) is 7.65. The molecule has 1 aromatic carbocycles. The minimum Gasteiger partial charge on any atom is -0.478 e. The van der Waals surface area contributed by atoms with E-state index in [1.807, 2.05) is 13.8 Å². The van der Waals surface area contributed by atoms with Crippen LogP contribution in [0, 0.1) is 5.92 Å². The normalized spacial score (nSPS) is 13.9. The number of nitrogens with zero attached hydrogens (tertiary/aromatic N) is 1. The summed E-state index contributed by atoms with van der Waals surface area (Å²) in [5, 5.41) is 20.6. The Morgan fingerprint density at radius 2 is 1.84 bits per heavy atom. The van der Waals surface area contributed by atoms with E-state index >= 15 is 0 Å². The monoisotopic (exact) mass is 436 g/mol. The fraction of sp³-hybridized carbons (Fsp3) is 0.409. The number of benzene rings is 1. The van der Waals surface area contributed by atoms with E-state index in [-0.39, 0.29) is 29.5 Å². The molecule has 1 aromatic heterocycles. The van der Waals surface area contributed by atoms with Gasteiger partial charge < -0.3 is 20.3 Å². The third-order valence-electron chi connectivity index (χ3n) is 4.60. The van der Waals surface area contributed by atoms with Crippen LogP contribution in [0.25, 0.3) is 0 Å². The Kier molecular flexibility index (Phi) is 8.44. The average Bonchev–Trinajstić information content (AvgIpc) is 3.48. The summed E-state index contributed by atoms with van der Waals surface area (Å²) in [4.78, 5) is 26.2. The molecule has 1 saturated carbocycles. The number of amides is 1. The van der Waals surface area contributed by atoms with Crippen LogP contribution >= 0.6 is 0 Å². The van der Waals surface area contributed by atoms with Crippen LogP contribution in [-0.2, 0) is 16.9 Å². The molecule has 31 heavy (non-hydrogen) atoms. The summed E-state index contributed by atoms with van der Waals surface area (Å²) in [6.45, 7) is 0.926. The maximum absolute atomic E-state index is 11.9. The summed E-state index contributed by atoms with van der Waals surface area (Å²) < 4.78 is 27.3. The predicted octanol–water partition coefficient (Wildman–Crippen LogP) is 3.71. The van der Waals surface area contributed by atoms with Crippen molar-refractivity contribution in [3.63, 3.8) is 0 Å². The second kappa shape index (κ2) is 10.8. The van der Waals surface area contributed by atoms with Crippen molar-refractivity contribution in [2.24, 2.45) is 5.92 Å². The lowest BCUT2D eigenvalue weighted by Gasteiger charge is -2.19. The van der Waals surface area contributed by atoms with Crippen molar-refractivity contribution in [3.8, 4) is 5.88 Å². The summed E-state index contributed by atoms with van der Waals surface area (Å²) in [7, 11) is 0. The number of pyridine rings is 1. The minimum absolute atomic E-state index is 0.0646. The van der Waals surface area contributed by atoms with Gasteiger partial charge >= 0.3 is 12.6 Å². The van der Waals surface area contributed by atoms with Crippen LogP contribution in [0.3, 0.4) is 0 Å². The van der Waals surface area contributed by atoms with Crippen molar-refractivity contribution in [2.45, 2.75) is 51.9 Å². The Morgan fingerprint density at radius 1 is 1.19 bits per heavy atom. The van der Waals surface area contributed by atoms with Crippen LogP contribution in [0.2, 0.25) is 0 Å². The van der Waals surface area contributed by atoms with Crippen LogP contribution < -0.4 is 10.1 Å². The molecule has 0 unspecified atom stereocenters. The van der Waals surface area contributed by atoms with E-state index < -0.39 is 12.6 Å². The highest BCUT2D eigenvalue weighted by atomic mass is 19.3. The van der Waals surface area contributed by atoms with E-state index in [9.17, 15) is 18.4 Å². The van der Waals surface area contributed by atoms with E-state index in [4.69, 9.17) is 10.2 Å². The molecule has 1 fully saturated rings. The quantitative estimate of drug-likeness (QED) is 0.582. The van der Waals surface area contributed by atoms with Crippen LogP contribution in [0.15, 0.2) is 42.6 Å². The molecular formula is C22H26F2N2O5. The third kappa shape index (κ3) is 7.60. The van der Waals surface area contributed by atoms with Gasteiger partial charge in [-0.05, 0) is 48.1 Å². The number of aliphatic hydroxyl groups is 1. The zero-order valence-electron chi connectivity index (χ0n) is 17.3. The lowest BCUT2D eigenvalue weighted by Crippen LogP contribution is -2.35. The SMILES string of the molecule is CC(C)CC(=O)NC1(c2ccc(C(=O)O)cc2)CC1.OCc1ccnc(OC(F)F)c1. The molecular weight excluding hydrogens is 410 g/mol. The van der Waals surface area contributed by atoms with Gasteiger partial charge in [0.25, 0.3) is 0 Å². The van der Waals surface area contributed by atoms with E-state index in [0.717, 1.165) is 18.4 Å². The molecule has 1 heterocycles. The molecule has 1 aliphatic carbocycles. The zero-order chi connectivity index (χ0) is 23.0. The first-order valence-corrected chi connectivity index (χ1v) is 9.80. The molecule has 3 rings (SSSR count). The molecule has 9 heteroatoms. The molecule has 0 aliphatic heterocycles. The predicted molar refractivity (Wildman–Crippen MR) is 109 cm³/mol. The first kappa shape index (κ1) is 24.2. The van der Waals surface area contributed by atoms with Crippen LogP contribution in [0.1, 0.15) is 54.6 Å². The summed E-state index contributed by atoms with van der Waals surface area (Å²) in [5.41, 5.74) is 1.49. The van der Waals surface area contributed by atoms with E-state index in [1.165, 1.54) is 18.3 Å². The Morgan fingerprint density at radius 3 is 2.32 bits per heavy atom. The fourth-order valence-electron chi connectivity index (χ4n) is 2.94. The number of aromatic carboxylic acids is 1. The first-order valence-electron chi connectivity index (χ1n) is 9.80. The van der Waals surface area contributed by atoms with Crippen LogP contribution in [-0.4, -0.2) is 33.7 Å². The van der Waals surface area contributed by atoms with Gasteiger partial charge in [-0.3, -0.25) is 4.79 Å². The van der Waals surface area contributed by atoms with Crippen LogP contribution in [0.5, 0.6) is 5.88 Å². The van der Waals surface area contributed by atoms with E-state index in [2.05, 4.69) is 15.0 Å². The number of alkyl halides is 2. The molecule has 0 saturated heterocycles. The Labute approximate surface area is 179 Å². The number of hydrogen-bond donors (Lipinski definition) is 3. The maximum Gasteiger partial charge on any atom is 0.388 e. The van der Waals surface area contributed by atoms with Crippen molar-refractivity contribution in [1.82, 2.24) is 10.3 Å². The molecule has 0 bridgehead atoms. The highest BCUT2D eigenvalue weighted by Crippen LogP contribution is 2.45. The molecule has 168 valence electrons. The van der Waals surface area contributed by atoms with E-state index in [0.29, 0.717) is 17.9 Å². The van der Waals surface area contributed by atoms with Gasteiger partial charge in [0.15, 0.2) is 0 Å². The highest BCUT2D eigenvalue weighted by molar-refractivity contribution is 5.87. The average molecular weight is 436 g/mol. The van der Waals surface area contributed by atoms with Crippen molar-refractivity contribution in [2.75, 3.05) is 0 Å². The molecule has 0 spiro atoms. The fourth-order valence-corrected chi connectivity index (χ4v) is 2.94. The molecule has 1 aliphatic rings. The van der Waals surface area contributed by atoms with Gasteiger partial charge in [0.2, 0.25) is 11.8 Å². The summed E-state index contributed by atoms with van der Waals surface area (Å²) in [6, 6.07) is 9.54. The Hall–Kier alpha value is -3.07. The number of carboxylic acids is 1. The topological polar surface area (TPSA) is 109 Å². The number of aromatic nitrogens is 1. The molecule has 0 radical (unpaired) electrons. The summed E-state index contributed by atoms with van der Waals surface area (Å²) >= 11 is 0. The standard InChI is InChI=1S/C15H19NO3.C7H7F2NO2/c1-10(2)9-13(17)16-15(7-8-15)12-5-3-11(4-6-12)14(18)19;8-7(9)12-6-3-5(4-11)1-2-10-6/h3-6,10H,7-9H2,1-2H3,(H,16,17)(H,18,19);1-3,7,11H,4H2. The minimum atomic E-state index is -2.88. The largest absolute Gasteiger partial charge is 0.478 e. The number of aliphatic hydroxyl groups excluding tert-OH is 1. The smallest absolute Gasteiger partial charge is 0.388 e. The molecule has 1 amide bonds. The Balaban J connectivity index is 0.000000245. The van der Waals surface area contributed by atoms with Crippen molar-refractivity contribution in [3.05, 3.63) is 59.3 Å². The molecule has 0 atom stereocenters. The lowest BCUT2D eigenvalue weighted by molar-refractivity contribution is -0.122. The lowest BCUT2D eigenvalue weighted by atomic mass is 10.0. The highest BCUT2D eigenvalue weighted by Gasteiger charge is 2.45. The number of hydrogen-bond acceptors (Lipinski definition) is 5. The Bertz CT molecular complexity index is 884. The maximum atomic E-state index is 11.9. The number of carbonyl (C=O) groups is 2. The second-order valence-electron chi connectivity index (χ2n) is 7.65. The summed E-state index contributed by atoms with van der Waals surface area (Å²) in [5.74, 6) is -0.711. The molecule has 3 N–H and O–H groups in total. The first-order chi connectivity index (χ1) is 14.6. The number of rotatable bonds is 8. The van der Waals surface area contributed by atoms with Crippen molar-refractivity contribution >= 4 is 11.9 Å². The van der Waals surface area contributed by atoms with Crippen molar-refractivity contribution in [1.29, 1.82) is 0 Å². The van der Waals surface area contributed by atoms with Gasteiger partial charge in [-0.25, -0.2) is 9.78 Å². The number of ether oxygens (including phenoxy) is 1. The zero-order valence-corrected chi connectivity index (χ0v) is 17.3. The third-order valence-corrected chi connectivity index (χ3v) is 4.60. The summed E-state index contributed by atoms with van der Waals surface area (Å²) in [6.07, 6.45) is 3.66. The van der Waals surface area contributed by atoms with E-state index in [1.54, 1.807) is 24.3 Å². The van der Waals surface area contributed by atoms with Crippen molar-refractivity contribution < 1.29 is 33.3 Å². The molecule has 7 nitrogen and oxygen atoms in total. The van der Waals surface area contributed by atoms with Gasteiger partial charge in [-0.1, -0.05) is 26.0 Å². The number of nitrogens with one attached hydrogen (secondary N) is 1.